The molecule has 0 aliphatic heterocycles. The molecular formula is C12H10N4S. The molecule has 0 unspecified atom stereocenters. The normalized spacial score (nSPS) is 10.9. The van der Waals surface area contributed by atoms with Crippen LogP contribution in [0.5, 0.6) is 0 Å². The van der Waals surface area contributed by atoms with Crippen LogP contribution in [-0.2, 0) is 0 Å². The first-order valence-electron chi connectivity index (χ1n) is 5.18. The molecule has 3 aromatic rings. The van der Waals surface area contributed by atoms with Crippen LogP contribution in [0.1, 0.15) is 0 Å². The molecule has 0 amide bonds. The molecule has 0 spiro atoms. The first-order valence-corrected chi connectivity index (χ1v) is 6.41. The maximum absolute atomic E-state index is 4.32. The molecule has 0 atom stereocenters. The van der Waals surface area contributed by atoms with E-state index in [2.05, 4.69) is 27.2 Å². The maximum Gasteiger partial charge on any atom is 0.253 e. The van der Waals surface area contributed by atoms with Gasteiger partial charge in [0.1, 0.15) is 0 Å². The van der Waals surface area contributed by atoms with Gasteiger partial charge in [0.25, 0.3) is 5.78 Å². The summed E-state index contributed by atoms with van der Waals surface area (Å²) in [5.74, 6) is 0.633. The van der Waals surface area contributed by atoms with Crippen LogP contribution >= 0.6 is 11.8 Å². The lowest BCUT2D eigenvalue weighted by Crippen LogP contribution is -1.91. The van der Waals surface area contributed by atoms with Crippen LogP contribution in [0.15, 0.2) is 47.9 Å². The summed E-state index contributed by atoms with van der Waals surface area (Å²) in [7, 11) is 0. The predicted molar refractivity (Wildman–Crippen MR) is 68.0 cm³/mol. The Bertz CT molecular complexity index is 648. The highest BCUT2D eigenvalue weighted by atomic mass is 32.2. The second-order valence-corrected chi connectivity index (χ2v) is 4.33. The zero-order chi connectivity index (χ0) is 11.7. The monoisotopic (exact) mass is 242 g/mol. The number of thioether (sulfide) groups is 1. The lowest BCUT2D eigenvalue weighted by atomic mass is 10.1. The number of fused-ring (bicyclic) bond motifs is 1. The van der Waals surface area contributed by atoms with Gasteiger partial charge in [0.05, 0.1) is 0 Å². The van der Waals surface area contributed by atoms with Crippen LogP contribution < -0.4 is 0 Å². The fourth-order valence-electron chi connectivity index (χ4n) is 1.63. The highest BCUT2D eigenvalue weighted by molar-refractivity contribution is 7.98. The molecule has 4 nitrogen and oxygen atoms in total. The molecule has 0 N–H and O–H groups in total. The topological polar surface area (TPSA) is 43.1 Å². The summed E-state index contributed by atoms with van der Waals surface area (Å²) >= 11 is 1.51. The van der Waals surface area contributed by atoms with E-state index >= 15 is 0 Å². The van der Waals surface area contributed by atoms with Crippen molar-refractivity contribution in [3.05, 3.63) is 42.7 Å². The van der Waals surface area contributed by atoms with Gasteiger partial charge in [-0.25, -0.2) is 9.50 Å². The van der Waals surface area contributed by atoms with E-state index in [0.717, 1.165) is 16.3 Å². The zero-order valence-electron chi connectivity index (χ0n) is 9.24. The van der Waals surface area contributed by atoms with Gasteiger partial charge in [-0.2, -0.15) is 4.98 Å². The summed E-state index contributed by atoms with van der Waals surface area (Å²) in [6, 6.07) is 10.1. The van der Waals surface area contributed by atoms with E-state index in [1.807, 2.05) is 36.8 Å². The molecule has 2 aromatic heterocycles. The van der Waals surface area contributed by atoms with Gasteiger partial charge in [-0.3, -0.25) is 0 Å². The Morgan fingerprint density at radius 3 is 2.71 bits per heavy atom. The average molecular weight is 242 g/mol. The highest BCUT2D eigenvalue weighted by Crippen LogP contribution is 2.18. The van der Waals surface area contributed by atoms with E-state index < -0.39 is 0 Å². The number of hydrogen-bond acceptors (Lipinski definition) is 4. The Labute approximate surface area is 103 Å². The Morgan fingerprint density at radius 1 is 1.12 bits per heavy atom. The van der Waals surface area contributed by atoms with Gasteiger partial charge in [0.15, 0.2) is 0 Å². The number of aromatic nitrogens is 4. The minimum atomic E-state index is 0.633. The van der Waals surface area contributed by atoms with Crippen molar-refractivity contribution in [1.82, 2.24) is 19.6 Å². The minimum absolute atomic E-state index is 0.633. The molecule has 0 saturated carbocycles. The molecule has 3 rings (SSSR count). The molecule has 0 aliphatic rings. The fourth-order valence-corrected chi connectivity index (χ4v) is 1.97. The smallest absolute Gasteiger partial charge is 0.219 e. The maximum atomic E-state index is 4.32. The van der Waals surface area contributed by atoms with Crippen molar-refractivity contribution in [3.8, 4) is 11.1 Å². The molecule has 2 heterocycles. The fraction of sp³-hybridized carbons (Fsp3) is 0.0833. The third-order valence-electron chi connectivity index (χ3n) is 2.46. The number of hydrogen-bond donors (Lipinski definition) is 0. The number of rotatable bonds is 2. The van der Waals surface area contributed by atoms with Crippen molar-refractivity contribution >= 4 is 17.5 Å². The molecule has 0 bridgehead atoms. The predicted octanol–water partition coefficient (Wildman–Crippen LogP) is 2.51. The van der Waals surface area contributed by atoms with E-state index in [9.17, 15) is 0 Å². The summed E-state index contributed by atoms with van der Waals surface area (Å²) in [4.78, 5) is 8.57. The zero-order valence-corrected chi connectivity index (χ0v) is 10.1. The van der Waals surface area contributed by atoms with Crippen molar-refractivity contribution in [2.45, 2.75) is 5.16 Å². The van der Waals surface area contributed by atoms with E-state index in [0.29, 0.717) is 5.78 Å². The van der Waals surface area contributed by atoms with Gasteiger partial charge < -0.3 is 0 Å². The Hall–Kier alpha value is -1.88. The van der Waals surface area contributed by atoms with Gasteiger partial charge in [-0.15, -0.1) is 5.10 Å². The van der Waals surface area contributed by atoms with Crippen LogP contribution in [-0.4, -0.2) is 25.8 Å². The molecule has 0 aliphatic carbocycles. The summed E-state index contributed by atoms with van der Waals surface area (Å²) in [6.45, 7) is 0. The largest absolute Gasteiger partial charge is 0.253 e. The first-order chi connectivity index (χ1) is 8.36. The SMILES string of the molecule is CSc1nc2ncc(-c3ccccc3)cn2n1. The van der Waals surface area contributed by atoms with Gasteiger partial charge >= 0.3 is 0 Å². The van der Waals surface area contributed by atoms with E-state index in [1.54, 1.807) is 4.52 Å². The van der Waals surface area contributed by atoms with Crippen LogP contribution in [0, 0.1) is 0 Å². The number of benzene rings is 1. The Morgan fingerprint density at radius 2 is 1.94 bits per heavy atom. The lowest BCUT2D eigenvalue weighted by molar-refractivity contribution is 0.882. The molecule has 0 saturated heterocycles. The molecule has 84 valence electrons. The van der Waals surface area contributed by atoms with Gasteiger partial charge in [0, 0.05) is 18.0 Å². The van der Waals surface area contributed by atoms with E-state index in [-0.39, 0.29) is 0 Å². The van der Waals surface area contributed by atoms with Crippen molar-refractivity contribution in [2.75, 3.05) is 6.26 Å². The Balaban J connectivity index is 2.13. The van der Waals surface area contributed by atoms with Crippen molar-refractivity contribution < 1.29 is 0 Å². The van der Waals surface area contributed by atoms with Crippen LogP contribution in [0.25, 0.3) is 16.9 Å². The molecule has 1 aromatic carbocycles. The Kier molecular flexibility index (Phi) is 2.53. The molecule has 0 radical (unpaired) electrons. The van der Waals surface area contributed by atoms with Gasteiger partial charge in [-0.05, 0) is 11.8 Å². The molecule has 17 heavy (non-hydrogen) atoms. The third-order valence-corrected chi connectivity index (χ3v) is 3.00. The van der Waals surface area contributed by atoms with Gasteiger partial charge in [-0.1, -0.05) is 42.1 Å². The van der Waals surface area contributed by atoms with Crippen LogP contribution in [0.3, 0.4) is 0 Å². The van der Waals surface area contributed by atoms with Crippen LogP contribution in [0.2, 0.25) is 0 Å². The van der Waals surface area contributed by atoms with E-state index in [1.165, 1.54) is 11.8 Å². The van der Waals surface area contributed by atoms with Crippen molar-refractivity contribution in [2.24, 2.45) is 0 Å². The first kappa shape index (κ1) is 10.3. The lowest BCUT2D eigenvalue weighted by Gasteiger charge is -2.00. The minimum Gasteiger partial charge on any atom is -0.219 e. The standard InChI is InChI=1S/C12H10N4S/c1-17-12-14-11-13-7-10(8-16(11)15-12)9-5-3-2-4-6-9/h2-8H,1H3. The summed E-state index contributed by atoms with van der Waals surface area (Å²) in [6.07, 6.45) is 5.72. The van der Waals surface area contributed by atoms with Crippen molar-refractivity contribution in [1.29, 1.82) is 0 Å². The second kappa shape index (κ2) is 4.18. The summed E-state index contributed by atoms with van der Waals surface area (Å²) < 4.78 is 1.72. The molecule has 5 heteroatoms. The second-order valence-electron chi connectivity index (χ2n) is 3.55. The van der Waals surface area contributed by atoms with Crippen molar-refractivity contribution in [3.63, 3.8) is 0 Å². The summed E-state index contributed by atoms with van der Waals surface area (Å²) in [5, 5.41) is 5.06. The van der Waals surface area contributed by atoms with Crippen LogP contribution in [0.4, 0.5) is 0 Å². The average Bonchev–Trinajstić information content (AvgIpc) is 2.81. The third kappa shape index (κ3) is 1.89. The molecule has 0 fully saturated rings. The summed E-state index contributed by atoms with van der Waals surface area (Å²) in [5.41, 5.74) is 2.17. The highest BCUT2D eigenvalue weighted by Gasteiger charge is 2.05. The number of nitrogens with zero attached hydrogens (tertiary/aromatic N) is 4. The molecular weight excluding hydrogens is 232 g/mol. The van der Waals surface area contributed by atoms with E-state index in [4.69, 9.17) is 0 Å². The van der Waals surface area contributed by atoms with Gasteiger partial charge in [0.2, 0.25) is 5.16 Å². The quantitative estimate of drug-likeness (QED) is 0.648.